The Hall–Kier alpha value is -1.91. The van der Waals surface area contributed by atoms with Gasteiger partial charge in [0, 0.05) is 18.7 Å². The standard InChI is InChI=1S/C17H17NO3/c19-17(18(8-13-10-20-13)9-14-11-21-14)16-7-3-5-12-4-1-2-6-15(12)16/h1-7,13-14H,8-11H2. The summed E-state index contributed by atoms with van der Waals surface area (Å²) in [5.41, 5.74) is 0.759. The van der Waals surface area contributed by atoms with Gasteiger partial charge in [-0.3, -0.25) is 4.79 Å². The average Bonchev–Trinajstić information content (AvgIpc) is 3.41. The number of hydrogen-bond acceptors (Lipinski definition) is 3. The Labute approximate surface area is 123 Å². The van der Waals surface area contributed by atoms with Crippen LogP contribution in [0.4, 0.5) is 0 Å². The number of hydrogen-bond donors (Lipinski definition) is 0. The maximum atomic E-state index is 12.9. The highest BCUT2D eigenvalue weighted by Crippen LogP contribution is 2.23. The number of nitrogens with zero attached hydrogens (tertiary/aromatic N) is 1. The third-order valence-corrected chi connectivity index (χ3v) is 3.96. The van der Waals surface area contributed by atoms with Crippen molar-refractivity contribution in [3.8, 4) is 0 Å². The van der Waals surface area contributed by atoms with E-state index in [0.29, 0.717) is 13.1 Å². The highest BCUT2D eigenvalue weighted by atomic mass is 16.6. The van der Waals surface area contributed by atoms with E-state index in [0.717, 1.165) is 29.5 Å². The molecule has 4 rings (SSSR count). The van der Waals surface area contributed by atoms with Crippen LogP contribution >= 0.6 is 0 Å². The first-order chi connectivity index (χ1) is 10.3. The van der Waals surface area contributed by atoms with Gasteiger partial charge in [0.2, 0.25) is 0 Å². The Bertz CT molecular complexity index is 657. The van der Waals surface area contributed by atoms with Gasteiger partial charge in [0.25, 0.3) is 5.91 Å². The van der Waals surface area contributed by atoms with Gasteiger partial charge in [-0.25, -0.2) is 0 Å². The van der Waals surface area contributed by atoms with Crippen LogP contribution in [0, 0.1) is 0 Å². The van der Waals surface area contributed by atoms with Crippen molar-refractivity contribution in [1.29, 1.82) is 0 Å². The van der Waals surface area contributed by atoms with Crippen molar-refractivity contribution in [2.24, 2.45) is 0 Å². The molecular weight excluding hydrogens is 266 g/mol. The summed E-state index contributed by atoms with van der Waals surface area (Å²) in [6.45, 7) is 2.82. The van der Waals surface area contributed by atoms with Gasteiger partial charge in [-0.05, 0) is 16.8 Å². The van der Waals surface area contributed by atoms with Crippen molar-refractivity contribution in [3.05, 3.63) is 48.0 Å². The van der Waals surface area contributed by atoms with Gasteiger partial charge in [0.15, 0.2) is 0 Å². The topological polar surface area (TPSA) is 45.4 Å². The minimum atomic E-state index is 0.0674. The number of rotatable bonds is 5. The lowest BCUT2D eigenvalue weighted by atomic mass is 10.0. The summed E-state index contributed by atoms with van der Waals surface area (Å²) in [4.78, 5) is 14.8. The second-order valence-corrected chi connectivity index (χ2v) is 5.65. The fourth-order valence-electron chi connectivity index (χ4n) is 2.66. The van der Waals surface area contributed by atoms with Gasteiger partial charge in [-0.15, -0.1) is 0 Å². The molecule has 0 bridgehead atoms. The molecule has 2 aliphatic rings. The maximum absolute atomic E-state index is 12.9. The Balaban J connectivity index is 1.65. The first kappa shape index (κ1) is 12.8. The molecule has 2 saturated heterocycles. The molecule has 2 aromatic rings. The van der Waals surface area contributed by atoms with Crippen LogP contribution in [0.15, 0.2) is 42.5 Å². The van der Waals surface area contributed by atoms with Gasteiger partial charge < -0.3 is 14.4 Å². The zero-order valence-electron chi connectivity index (χ0n) is 11.7. The molecular formula is C17H17NO3. The van der Waals surface area contributed by atoms with Crippen LogP contribution in [0.5, 0.6) is 0 Å². The first-order valence-electron chi connectivity index (χ1n) is 7.31. The number of benzene rings is 2. The molecule has 0 aliphatic carbocycles. The lowest BCUT2D eigenvalue weighted by Crippen LogP contribution is -2.37. The lowest BCUT2D eigenvalue weighted by Gasteiger charge is -2.21. The van der Waals surface area contributed by atoms with Gasteiger partial charge in [-0.1, -0.05) is 36.4 Å². The van der Waals surface area contributed by atoms with Crippen molar-refractivity contribution in [2.45, 2.75) is 12.2 Å². The molecule has 0 spiro atoms. The fraction of sp³-hybridized carbons (Fsp3) is 0.353. The van der Waals surface area contributed by atoms with Gasteiger partial charge in [-0.2, -0.15) is 0 Å². The van der Waals surface area contributed by atoms with E-state index in [1.54, 1.807) is 0 Å². The quantitative estimate of drug-likeness (QED) is 0.789. The predicted octanol–water partition coefficient (Wildman–Crippen LogP) is 2.08. The maximum Gasteiger partial charge on any atom is 0.254 e. The van der Waals surface area contributed by atoms with Crippen molar-refractivity contribution in [2.75, 3.05) is 26.3 Å². The van der Waals surface area contributed by atoms with Crippen LogP contribution in [0.3, 0.4) is 0 Å². The van der Waals surface area contributed by atoms with E-state index < -0.39 is 0 Å². The fourth-order valence-corrected chi connectivity index (χ4v) is 2.66. The summed E-state index contributed by atoms with van der Waals surface area (Å²) in [6, 6.07) is 13.9. The predicted molar refractivity (Wildman–Crippen MR) is 79.3 cm³/mol. The third kappa shape index (κ3) is 2.77. The van der Waals surface area contributed by atoms with Crippen molar-refractivity contribution >= 4 is 16.7 Å². The molecule has 2 aromatic carbocycles. The van der Waals surface area contributed by atoms with E-state index in [9.17, 15) is 4.79 Å². The van der Waals surface area contributed by atoms with E-state index in [4.69, 9.17) is 9.47 Å². The van der Waals surface area contributed by atoms with Crippen molar-refractivity contribution in [1.82, 2.24) is 4.90 Å². The first-order valence-corrected chi connectivity index (χ1v) is 7.31. The molecule has 4 nitrogen and oxygen atoms in total. The van der Waals surface area contributed by atoms with Gasteiger partial charge in [0.1, 0.15) is 0 Å². The second kappa shape index (κ2) is 5.13. The Kier molecular flexibility index (Phi) is 3.13. The largest absolute Gasteiger partial charge is 0.371 e. The SMILES string of the molecule is O=C(c1cccc2ccccc12)N(CC1CO1)CC1CO1. The Morgan fingerprint density at radius 2 is 1.62 bits per heavy atom. The van der Waals surface area contributed by atoms with Crippen LogP contribution < -0.4 is 0 Å². The monoisotopic (exact) mass is 283 g/mol. The van der Waals surface area contributed by atoms with E-state index in [2.05, 4.69) is 0 Å². The summed E-state index contributed by atoms with van der Waals surface area (Å²) < 4.78 is 10.6. The molecule has 2 aliphatic heterocycles. The molecule has 4 heteroatoms. The highest BCUT2D eigenvalue weighted by Gasteiger charge is 2.33. The molecule has 108 valence electrons. The number of ether oxygens (including phenoxy) is 2. The second-order valence-electron chi connectivity index (χ2n) is 5.65. The van der Waals surface area contributed by atoms with Crippen LogP contribution in [0.2, 0.25) is 0 Å². The van der Waals surface area contributed by atoms with Crippen molar-refractivity contribution < 1.29 is 14.3 Å². The number of amides is 1. The third-order valence-electron chi connectivity index (χ3n) is 3.96. The molecule has 2 fully saturated rings. The van der Waals surface area contributed by atoms with Crippen LogP contribution in [0.1, 0.15) is 10.4 Å². The van der Waals surface area contributed by atoms with E-state index in [1.807, 2.05) is 47.4 Å². The summed E-state index contributed by atoms with van der Waals surface area (Å²) in [5, 5.41) is 2.09. The van der Waals surface area contributed by atoms with Crippen LogP contribution in [-0.2, 0) is 9.47 Å². The number of carbonyl (C=O) groups is 1. The van der Waals surface area contributed by atoms with E-state index >= 15 is 0 Å². The zero-order chi connectivity index (χ0) is 14.2. The summed E-state index contributed by atoms with van der Waals surface area (Å²) in [6.07, 6.45) is 0.394. The van der Waals surface area contributed by atoms with Crippen LogP contribution in [0.25, 0.3) is 10.8 Å². The lowest BCUT2D eigenvalue weighted by molar-refractivity contribution is 0.0731. The molecule has 21 heavy (non-hydrogen) atoms. The minimum Gasteiger partial charge on any atom is -0.371 e. The normalized spacial score (nSPS) is 23.0. The summed E-state index contributed by atoms with van der Waals surface area (Å²) in [7, 11) is 0. The smallest absolute Gasteiger partial charge is 0.254 e. The molecule has 0 saturated carbocycles. The van der Waals surface area contributed by atoms with Gasteiger partial charge in [0.05, 0.1) is 25.4 Å². The molecule has 0 aromatic heterocycles. The number of carbonyl (C=O) groups excluding carboxylic acids is 1. The number of fused-ring (bicyclic) bond motifs is 1. The Morgan fingerprint density at radius 3 is 2.29 bits per heavy atom. The number of epoxide rings is 2. The molecule has 2 unspecified atom stereocenters. The zero-order valence-corrected chi connectivity index (χ0v) is 11.7. The molecule has 0 radical (unpaired) electrons. The van der Waals surface area contributed by atoms with Crippen LogP contribution in [-0.4, -0.2) is 49.3 Å². The summed E-state index contributed by atoms with van der Waals surface area (Å²) in [5.74, 6) is 0.0674. The molecule has 0 N–H and O–H groups in total. The van der Waals surface area contributed by atoms with E-state index in [1.165, 1.54) is 0 Å². The minimum absolute atomic E-state index is 0.0674. The summed E-state index contributed by atoms with van der Waals surface area (Å²) >= 11 is 0. The van der Waals surface area contributed by atoms with Gasteiger partial charge >= 0.3 is 0 Å². The molecule has 2 atom stereocenters. The van der Waals surface area contributed by atoms with Crippen molar-refractivity contribution in [3.63, 3.8) is 0 Å². The average molecular weight is 283 g/mol. The highest BCUT2D eigenvalue weighted by molar-refractivity contribution is 6.07. The molecule has 1 amide bonds. The molecule has 2 heterocycles. The van der Waals surface area contributed by atoms with E-state index in [-0.39, 0.29) is 18.1 Å². The Morgan fingerprint density at radius 1 is 1.00 bits per heavy atom.